The molecular formula is C20H27ClN4O2. The SMILES string of the molecule is Cl.Cn1nc(-c2ccccc2)c2c1CCN(C(=O)C1CNCCOC1)CC2. The summed E-state index contributed by atoms with van der Waals surface area (Å²) in [6.07, 6.45) is 1.69. The number of hydrogen-bond donors (Lipinski definition) is 1. The highest BCUT2D eigenvalue weighted by Crippen LogP contribution is 2.28. The molecule has 1 aromatic carbocycles. The first-order valence-corrected chi connectivity index (χ1v) is 9.41. The van der Waals surface area contributed by atoms with Crippen LogP contribution in [0.4, 0.5) is 0 Å². The molecule has 7 heteroatoms. The minimum absolute atomic E-state index is 0. The van der Waals surface area contributed by atoms with Crippen LogP contribution in [0.5, 0.6) is 0 Å². The number of hydrogen-bond acceptors (Lipinski definition) is 4. The summed E-state index contributed by atoms with van der Waals surface area (Å²) in [6, 6.07) is 10.3. The molecule has 0 radical (unpaired) electrons. The second-order valence-corrected chi connectivity index (χ2v) is 7.06. The zero-order valence-electron chi connectivity index (χ0n) is 15.7. The monoisotopic (exact) mass is 390 g/mol. The van der Waals surface area contributed by atoms with E-state index < -0.39 is 0 Å². The Morgan fingerprint density at radius 2 is 2.00 bits per heavy atom. The van der Waals surface area contributed by atoms with Crippen molar-refractivity contribution in [2.24, 2.45) is 13.0 Å². The molecule has 1 atom stereocenters. The second kappa shape index (κ2) is 8.87. The van der Waals surface area contributed by atoms with Crippen LogP contribution in [0.25, 0.3) is 11.3 Å². The molecule has 1 N–H and O–H groups in total. The number of fused-ring (bicyclic) bond motifs is 1. The molecule has 1 saturated heterocycles. The molecule has 1 fully saturated rings. The summed E-state index contributed by atoms with van der Waals surface area (Å²) < 4.78 is 7.56. The molecule has 146 valence electrons. The Balaban J connectivity index is 0.00000210. The average Bonchev–Trinajstić information content (AvgIpc) is 2.91. The Labute approximate surface area is 166 Å². The van der Waals surface area contributed by atoms with Crippen molar-refractivity contribution in [2.45, 2.75) is 12.8 Å². The lowest BCUT2D eigenvalue weighted by Gasteiger charge is -2.25. The molecule has 0 spiro atoms. The summed E-state index contributed by atoms with van der Waals surface area (Å²) in [7, 11) is 2.01. The maximum absolute atomic E-state index is 13.0. The molecule has 2 aliphatic rings. The number of nitrogens with one attached hydrogen (secondary N) is 1. The van der Waals surface area contributed by atoms with Gasteiger partial charge in [-0.15, -0.1) is 12.4 Å². The highest BCUT2D eigenvalue weighted by Gasteiger charge is 2.29. The van der Waals surface area contributed by atoms with E-state index >= 15 is 0 Å². The lowest BCUT2D eigenvalue weighted by Crippen LogP contribution is -2.42. The maximum atomic E-state index is 13.0. The van der Waals surface area contributed by atoms with Crippen molar-refractivity contribution in [3.05, 3.63) is 41.6 Å². The fraction of sp³-hybridized carbons (Fsp3) is 0.500. The van der Waals surface area contributed by atoms with Crippen LogP contribution in [0, 0.1) is 5.92 Å². The van der Waals surface area contributed by atoms with Crippen molar-refractivity contribution < 1.29 is 9.53 Å². The fourth-order valence-corrected chi connectivity index (χ4v) is 3.95. The number of carbonyl (C=O) groups is 1. The van der Waals surface area contributed by atoms with Gasteiger partial charge in [0.25, 0.3) is 0 Å². The van der Waals surface area contributed by atoms with Crippen molar-refractivity contribution in [1.82, 2.24) is 20.0 Å². The second-order valence-electron chi connectivity index (χ2n) is 7.06. The van der Waals surface area contributed by atoms with E-state index in [4.69, 9.17) is 9.84 Å². The molecule has 2 aromatic rings. The number of amides is 1. The van der Waals surface area contributed by atoms with E-state index in [-0.39, 0.29) is 24.2 Å². The lowest BCUT2D eigenvalue weighted by molar-refractivity contribution is -0.136. The van der Waals surface area contributed by atoms with Crippen LogP contribution < -0.4 is 5.32 Å². The normalized spacial score (nSPS) is 20.2. The zero-order chi connectivity index (χ0) is 17.9. The summed E-state index contributed by atoms with van der Waals surface area (Å²) >= 11 is 0. The van der Waals surface area contributed by atoms with Crippen molar-refractivity contribution in [1.29, 1.82) is 0 Å². The highest BCUT2D eigenvalue weighted by atomic mass is 35.5. The molecular weight excluding hydrogens is 364 g/mol. The zero-order valence-corrected chi connectivity index (χ0v) is 16.5. The predicted molar refractivity (Wildman–Crippen MR) is 107 cm³/mol. The first-order chi connectivity index (χ1) is 12.7. The van der Waals surface area contributed by atoms with Crippen LogP contribution in [-0.2, 0) is 29.4 Å². The number of carbonyl (C=O) groups excluding carboxylic acids is 1. The van der Waals surface area contributed by atoms with Gasteiger partial charge in [0.05, 0.1) is 24.8 Å². The third kappa shape index (κ3) is 4.18. The fourth-order valence-electron chi connectivity index (χ4n) is 3.95. The first kappa shape index (κ1) is 19.9. The predicted octanol–water partition coefficient (Wildman–Crippen LogP) is 1.67. The van der Waals surface area contributed by atoms with Crippen LogP contribution in [-0.4, -0.2) is 60.0 Å². The Bertz CT molecular complexity index is 770. The summed E-state index contributed by atoms with van der Waals surface area (Å²) in [4.78, 5) is 15.0. The van der Waals surface area contributed by atoms with Gasteiger partial charge in [-0.2, -0.15) is 5.10 Å². The van der Waals surface area contributed by atoms with Crippen molar-refractivity contribution in [3.63, 3.8) is 0 Å². The van der Waals surface area contributed by atoms with Gasteiger partial charge >= 0.3 is 0 Å². The van der Waals surface area contributed by atoms with Gasteiger partial charge in [0.15, 0.2) is 0 Å². The van der Waals surface area contributed by atoms with Crippen molar-refractivity contribution in [2.75, 3.05) is 39.4 Å². The summed E-state index contributed by atoms with van der Waals surface area (Å²) in [5.74, 6) is 0.131. The highest BCUT2D eigenvalue weighted by molar-refractivity contribution is 5.85. The van der Waals surface area contributed by atoms with Gasteiger partial charge in [-0.1, -0.05) is 30.3 Å². The van der Waals surface area contributed by atoms with Crippen LogP contribution in [0.2, 0.25) is 0 Å². The molecule has 0 bridgehead atoms. The summed E-state index contributed by atoms with van der Waals surface area (Å²) in [5, 5.41) is 8.06. The topological polar surface area (TPSA) is 59.4 Å². The average molecular weight is 391 g/mol. The molecule has 0 aliphatic carbocycles. The van der Waals surface area contributed by atoms with Gasteiger partial charge < -0.3 is 15.0 Å². The van der Waals surface area contributed by atoms with Crippen LogP contribution in [0.3, 0.4) is 0 Å². The largest absolute Gasteiger partial charge is 0.379 e. The minimum atomic E-state index is -0.0783. The number of rotatable bonds is 2. The van der Waals surface area contributed by atoms with Gasteiger partial charge in [0.2, 0.25) is 5.91 Å². The van der Waals surface area contributed by atoms with E-state index in [0.717, 1.165) is 43.7 Å². The van der Waals surface area contributed by atoms with Gasteiger partial charge in [0.1, 0.15) is 0 Å². The number of aryl methyl sites for hydroxylation is 1. The molecule has 1 amide bonds. The quantitative estimate of drug-likeness (QED) is 0.847. The molecule has 6 nitrogen and oxygen atoms in total. The van der Waals surface area contributed by atoms with Crippen molar-refractivity contribution in [3.8, 4) is 11.3 Å². The van der Waals surface area contributed by atoms with E-state index in [0.29, 0.717) is 19.8 Å². The molecule has 4 rings (SSSR count). The molecule has 0 saturated carbocycles. The summed E-state index contributed by atoms with van der Waals surface area (Å²) in [6.45, 7) is 4.22. The number of nitrogens with zero attached hydrogens (tertiary/aromatic N) is 3. The number of halogens is 1. The van der Waals surface area contributed by atoms with Gasteiger partial charge in [-0.05, 0) is 6.42 Å². The first-order valence-electron chi connectivity index (χ1n) is 9.41. The molecule has 1 unspecified atom stereocenters. The summed E-state index contributed by atoms with van der Waals surface area (Å²) in [5.41, 5.74) is 4.72. The molecule has 2 aliphatic heterocycles. The number of ether oxygens (including phenoxy) is 1. The third-order valence-corrected chi connectivity index (χ3v) is 5.37. The van der Waals surface area contributed by atoms with Crippen LogP contribution in [0.15, 0.2) is 30.3 Å². The third-order valence-electron chi connectivity index (χ3n) is 5.37. The maximum Gasteiger partial charge on any atom is 0.229 e. The van der Waals surface area contributed by atoms with Crippen LogP contribution in [0.1, 0.15) is 11.3 Å². The Morgan fingerprint density at radius 1 is 1.22 bits per heavy atom. The van der Waals surface area contributed by atoms with Gasteiger partial charge in [-0.3, -0.25) is 9.48 Å². The Hall–Kier alpha value is -1.89. The van der Waals surface area contributed by atoms with E-state index in [2.05, 4.69) is 17.4 Å². The van der Waals surface area contributed by atoms with E-state index in [1.807, 2.05) is 34.8 Å². The molecule has 1 aromatic heterocycles. The number of aromatic nitrogens is 2. The Kier molecular flexibility index (Phi) is 6.52. The smallest absolute Gasteiger partial charge is 0.229 e. The molecule has 3 heterocycles. The van der Waals surface area contributed by atoms with Gasteiger partial charge in [-0.25, -0.2) is 0 Å². The van der Waals surface area contributed by atoms with E-state index in [1.165, 1.54) is 11.3 Å². The standard InChI is InChI=1S/C20H26N4O2.ClH/c1-23-18-8-11-24(20(25)16-13-21-9-12-26-14-16)10-7-17(18)19(22-23)15-5-3-2-4-6-15;/h2-6,16,21H,7-14H2,1H3;1H. The minimum Gasteiger partial charge on any atom is -0.379 e. The van der Waals surface area contributed by atoms with E-state index in [1.54, 1.807) is 0 Å². The van der Waals surface area contributed by atoms with E-state index in [9.17, 15) is 4.79 Å². The van der Waals surface area contributed by atoms with Gasteiger partial charge in [0, 0.05) is 56.5 Å². The Morgan fingerprint density at radius 3 is 2.81 bits per heavy atom. The number of benzene rings is 1. The lowest BCUT2D eigenvalue weighted by atomic mass is 10.0. The van der Waals surface area contributed by atoms with Crippen LogP contribution >= 0.6 is 12.4 Å². The molecule has 27 heavy (non-hydrogen) atoms. The van der Waals surface area contributed by atoms with Crippen molar-refractivity contribution >= 4 is 18.3 Å².